The lowest BCUT2D eigenvalue weighted by Gasteiger charge is -2.24. The molecule has 0 aromatic heterocycles. The van der Waals surface area contributed by atoms with E-state index in [2.05, 4.69) is 27.6 Å². The van der Waals surface area contributed by atoms with Crippen molar-refractivity contribution in [3.63, 3.8) is 0 Å². The predicted molar refractivity (Wildman–Crippen MR) is 94.3 cm³/mol. The molecule has 0 unspecified atom stereocenters. The summed E-state index contributed by atoms with van der Waals surface area (Å²) in [4.78, 5) is 6.56. The normalized spacial score (nSPS) is 16.0. The first kappa shape index (κ1) is 18.6. The Kier molecular flexibility index (Phi) is 7.43. The van der Waals surface area contributed by atoms with Gasteiger partial charge in [0.05, 0.1) is 0 Å². The first-order chi connectivity index (χ1) is 11.6. The van der Waals surface area contributed by atoms with Crippen molar-refractivity contribution in [3.8, 4) is 0 Å². The molecular formula is C18H28F2N4. The van der Waals surface area contributed by atoms with Gasteiger partial charge in [0.25, 0.3) is 0 Å². The SMILES string of the molecule is CN=C(NCCc1cc(F)ccc1F)NCCN(C)C1CCCC1. The number of hydrogen-bond acceptors (Lipinski definition) is 2. The number of aliphatic imine (C=N–C) groups is 1. The zero-order chi connectivity index (χ0) is 17.4. The number of guanidine groups is 1. The molecule has 0 atom stereocenters. The highest BCUT2D eigenvalue weighted by Gasteiger charge is 2.18. The lowest BCUT2D eigenvalue weighted by Crippen LogP contribution is -2.43. The van der Waals surface area contributed by atoms with E-state index in [1.165, 1.54) is 31.7 Å². The van der Waals surface area contributed by atoms with E-state index >= 15 is 0 Å². The molecular weight excluding hydrogens is 310 g/mol. The molecule has 134 valence electrons. The second kappa shape index (κ2) is 9.57. The summed E-state index contributed by atoms with van der Waals surface area (Å²) in [6.45, 7) is 2.27. The molecule has 0 amide bonds. The maximum atomic E-state index is 13.6. The zero-order valence-corrected chi connectivity index (χ0v) is 14.6. The van der Waals surface area contributed by atoms with Gasteiger partial charge in [-0.05, 0) is 50.1 Å². The van der Waals surface area contributed by atoms with Crippen molar-refractivity contribution in [2.45, 2.75) is 38.1 Å². The molecule has 4 nitrogen and oxygen atoms in total. The average Bonchev–Trinajstić information content (AvgIpc) is 3.11. The molecule has 2 N–H and O–H groups in total. The second-order valence-corrected chi connectivity index (χ2v) is 6.33. The van der Waals surface area contributed by atoms with Gasteiger partial charge in [-0.2, -0.15) is 0 Å². The van der Waals surface area contributed by atoms with Crippen LogP contribution in [-0.2, 0) is 6.42 Å². The molecule has 0 radical (unpaired) electrons. The van der Waals surface area contributed by atoms with Crippen LogP contribution in [-0.4, -0.2) is 50.6 Å². The van der Waals surface area contributed by atoms with Crippen molar-refractivity contribution in [2.24, 2.45) is 4.99 Å². The lowest BCUT2D eigenvalue weighted by atomic mass is 10.1. The Bertz CT molecular complexity index is 542. The summed E-state index contributed by atoms with van der Waals surface area (Å²) in [5.74, 6) is -0.102. The minimum atomic E-state index is -0.413. The van der Waals surface area contributed by atoms with Gasteiger partial charge in [-0.25, -0.2) is 8.78 Å². The molecule has 1 aromatic carbocycles. The van der Waals surface area contributed by atoms with Crippen LogP contribution >= 0.6 is 0 Å². The van der Waals surface area contributed by atoms with E-state index < -0.39 is 5.82 Å². The van der Waals surface area contributed by atoms with E-state index in [-0.39, 0.29) is 5.82 Å². The third-order valence-corrected chi connectivity index (χ3v) is 4.62. The maximum absolute atomic E-state index is 13.6. The van der Waals surface area contributed by atoms with Gasteiger partial charge in [0.1, 0.15) is 11.6 Å². The van der Waals surface area contributed by atoms with Crippen molar-refractivity contribution < 1.29 is 8.78 Å². The third kappa shape index (κ3) is 5.74. The van der Waals surface area contributed by atoms with Gasteiger partial charge in [0.2, 0.25) is 0 Å². The lowest BCUT2D eigenvalue weighted by molar-refractivity contribution is 0.249. The number of nitrogens with one attached hydrogen (secondary N) is 2. The van der Waals surface area contributed by atoms with Gasteiger partial charge in [-0.3, -0.25) is 4.99 Å². The van der Waals surface area contributed by atoms with Crippen molar-refractivity contribution in [3.05, 3.63) is 35.4 Å². The fourth-order valence-corrected chi connectivity index (χ4v) is 3.15. The molecule has 1 aromatic rings. The van der Waals surface area contributed by atoms with Gasteiger partial charge in [-0.15, -0.1) is 0 Å². The molecule has 0 spiro atoms. The minimum absolute atomic E-state index is 0.374. The molecule has 1 aliphatic rings. The topological polar surface area (TPSA) is 39.7 Å². The molecule has 2 rings (SSSR count). The molecule has 1 aliphatic carbocycles. The van der Waals surface area contributed by atoms with Gasteiger partial charge >= 0.3 is 0 Å². The maximum Gasteiger partial charge on any atom is 0.191 e. The molecule has 0 bridgehead atoms. The van der Waals surface area contributed by atoms with Crippen LogP contribution in [0.4, 0.5) is 8.78 Å². The van der Waals surface area contributed by atoms with Crippen LogP contribution < -0.4 is 10.6 Å². The third-order valence-electron chi connectivity index (χ3n) is 4.62. The zero-order valence-electron chi connectivity index (χ0n) is 14.6. The standard InChI is InChI=1S/C18H28F2N4/c1-21-18(23-11-12-24(2)16-5-3-4-6-16)22-10-9-14-13-15(19)7-8-17(14)20/h7-8,13,16H,3-6,9-12H2,1-2H3,(H2,21,22,23). The van der Waals surface area contributed by atoms with Crippen molar-refractivity contribution in [2.75, 3.05) is 33.7 Å². The van der Waals surface area contributed by atoms with Gasteiger partial charge in [-0.1, -0.05) is 12.8 Å². The van der Waals surface area contributed by atoms with E-state index in [4.69, 9.17) is 0 Å². The second-order valence-electron chi connectivity index (χ2n) is 6.33. The van der Waals surface area contributed by atoms with Crippen LogP contribution in [0.2, 0.25) is 0 Å². The Morgan fingerprint density at radius 1 is 1.21 bits per heavy atom. The number of nitrogens with zero attached hydrogens (tertiary/aromatic N) is 2. The number of likely N-dealkylation sites (N-methyl/N-ethyl adjacent to an activating group) is 1. The summed E-state index contributed by atoms with van der Waals surface area (Å²) in [6.07, 6.45) is 5.67. The van der Waals surface area contributed by atoms with Gasteiger partial charge in [0, 0.05) is 32.7 Å². The van der Waals surface area contributed by atoms with E-state index in [1.54, 1.807) is 7.05 Å². The highest BCUT2D eigenvalue weighted by molar-refractivity contribution is 5.79. The van der Waals surface area contributed by atoms with Crippen LogP contribution in [0.1, 0.15) is 31.2 Å². The van der Waals surface area contributed by atoms with Crippen LogP contribution in [0, 0.1) is 11.6 Å². The molecule has 1 saturated carbocycles. The quantitative estimate of drug-likeness (QED) is 0.593. The first-order valence-corrected chi connectivity index (χ1v) is 8.69. The molecule has 1 fully saturated rings. The smallest absolute Gasteiger partial charge is 0.191 e. The Balaban J connectivity index is 1.67. The largest absolute Gasteiger partial charge is 0.356 e. The molecule has 0 aliphatic heterocycles. The van der Waals surface area contributed by atoms with Crippen molar-refractivity contribution >= 4 is 5.96 Å². The number of benzene rings is 1. The molecule has 6 heteroatoms. The highest BCUT2D eigenvalue weighted by atomic mass is 19.1. The Labute approximate surface area is 143 Å². The summed E-state index contributed by atoms with van der Waals surface area (Å²) < 4.78 is 26.7. The molecule has 0 saturated heterocycles. The summed E-state index contributed by atoms with van der Waals surface area (Å²) >= 11 is 0. The Morgan fingerprint density at radius 3 is 2.62 bits per heavy atom. The monoisotopic (exact) mass is 338 g/mol. The summed E-state index contributed by atoms with van der Waals surface area (Å²) in [7, 11) is 3.87. The van der Waals surface area contributed by atoms with Crippen LogP contribution in [0.5, 0.6) is 0 Å². The van der Waals surface area contributed by atoms with E-state index in [9.17, 15) is 8.78 Å². The van der Waals surface area contributed by atoms with E-state index in [0.717, 1.165) is 25.2 Å². The first-order valence-electron chi connectivity index (χ1n) is 8.69. The number of hydrogen-bond donors (Lipinski definition) is 2. The fraction of sp³-hybridized carbons (Fsp3) is 0.611. The van der Waals surface area contributed by atoms with Crippen LogP contribution in [0.3, 0.4) is 0 Å². The van der Waals surface area contributed by atoms with Gasteiger partial charge in [0.15, 0.2) is 5.96 Å². The Morgan fingerprint density at radius 2 is 1.92 bits per heavy atom. The summed E-state index contributed by atoms with van der Waals surface area (Å²) in [5.41, 5.74) is 0.374. The summed E-state index contributed by atoms with van der Waals surface area (Å²) in [5, 5.41) is 6.40. The fourth-order valence-electron chi connectivity index (χ4n) is 3.15. The summed E-state index contributed by atoms with van der Waals surface area (Å²) in [6, 6.07) is 4.24. The Hall–Kier alpha value is -1.69. The van der Waals surface area contributed by atoms with Crippen molar-refractivity contribution in [1.82, 2.24) is 15.5 Å². The minimum Gasteiger partial charge on any atom is -0.356 e. The van der Waals surface area contributed by atoms with E-state index in [1.807, 2.05) is 0 Å². The molecule has 24 heavy (non-hydrogen) atoms. The number of rotatable bonds is 7. The average molecular weight is 338 g/mol. The van der Waals surface area contributed by atoms with Gasteiger partial charge < -0.3 is 15.5 Å². The van der Waals surface area contributed by atoms with Crippen LogP contribution in [0.25, 0.3) is 0 Å². The van der Waals surface area contributed by atoms with Crippen molar-refractivity contribution in [1.29, 1.82) is 0 Å². The highest BCUT2D eigenvalue weighted by Crippen LogP contribution is 2.21. The molecule has 0 heterocycles. The number of halogens is 2. The van der Waals surface area contributed by atoms with Crippen LogP contribution in [0.15, 0.2) is 23.2 Å². The van der Waals surface area contributed by atoms with E-state index in [0.29, 0.717) is 30.5 Å². The predicted octanol–water partition coefficient (Wildman–Crippen LogP) is 2.55.